The molecule has 1 unspecified atom stereocenters. The average Bonchev–Trinajstić information content (AvgIpc) is 2.40. The Balaban J connectivity index is 1.98. The molecule has 4 nitrogen and oxygen atoms in total. The van der Waals surface area contributed by atoms with Crippen molar-refractivity contribution in [1.29, 1.82) is 0 Å². The SMILES string of the molecule is CC(Cc1ccccc1)NC(=O)c1ccncc1O. The number of carbonyl (C=O) groups excluding carboxylic acids is 1. The third-order valence-electron chi connectivity index (χ3n) is 2.81. The highest BCUT2D eigenvalue weighted by Gasteiger charge is 2.13. The van der Waals surface area contributed by atoms with Crippen LogP contribution in [-0.2, 0) is 6.42 Å². The molecule has 0 bridgehead atoms. The number of nitrogens with zero attached hydrogens (tertiary/aromatic N) is 1. The van der Waals surface area contributed by atoms with Gasteiger partial charge in [-0.1, -0.05) is 30.3 Å². The summed E-state index contributed by atoms with van der Waals surface area (Å²) in [5.74, 6) is -0.393. The molecule has 0 aliphatic carbocycles. The summed E-state index contributed by atoms with van der Waals surface area (Å²) < 4.78 is 0. The Morgan fingerprint density at radius 1 is 1.32 bits per heavy atom. The van der Waals surface area contributed by atoms with Gasteiger partial charge in [-0.2, -0.15) is 0 Å². The molecule has 1 aromatic heterocycles. The first-order valence-electron chi connectivity index (χ1n) is 6.14. The lowest BCUT2D eigenvalue weighted by Gasteiger charge is -2.14. The molecule has 2 N–H and O–H groups in total. The van der Waals surface area contributed by atoms with Gasteiger partial charge in [0.15, 0.2) is 0 Å². The molecule has 1 heterocycles. The minimum Gasteiger partial charge on any atom is -0.505 e. The number of aromatic hydroxyl groups is 1. The van der Waals surface area contributed by atoms with E-state index in [2.05, 4.69) is 10.3 Å². The van der Waals surface area contributed by atoms with Crippen molar-refractivity contribution in [2.24, 2.45) is 0 Å². The summed E-state index contributed by atoms with van der Waals surface area (Å²) >= 11 is 0. The zero-order chi connectivity index (χ0) is 13.7. The Hall–Kier alpha value is -2.36. The van der Waals surface area contributed by atoms with Gasteiger partial charge in [0.05, 0.1) is 11.8 Å². The molecule has 0 aliphatic rings. The van der Waals surface area contributed by atoms with Crippen molar-refractivity contribution in [3.63, 3.8) is 0 Å². The van der Waals surface area contributed by atoms with Crippen molar-refractivity contribution in [3.05, 3.63) is 59.9 Å². The van der Waals surface area contributed by atoms with Crippen molar-refractivity contribution >= 4 is 5.91 Å². The first-order valence-corrected chi connectivity index (χ1v) is 6.14. The number of carbonyl (C=O) groups is 1. The maximum atomic E-state index is 12.0. The largest absolute Gasteiger partial charge is 0.505 e. The van der Waals surface area contributed by atoms with Crippen LogP contribution in [0.4, 0.5) is 0 Å². The van der Waals surface area contributed by atoms with E-state index in [4.69, 9.17) is 0 Å². The molecule has 4 heteroatoms. The van der Waals surface area contributed by atoms with Gasteiger partial charge in [-0.05, 0) is 25.0 Å². The van der Waals surface area contributed by atoms with Gasteiger partial charge in [-0.15, -0.1) is 0 Å². The number of pyridine rings is 1. The van der Waals surface area contributed by atoms with E-state index < -0.39 is 0 Å². The van der Waals surface area contributed by atoms with Crippen molar-refractivity contribution in [2.45, 2.75) is 19.4 Å². The first-order chi connectivity index (χ1) is 9.16. The number of amides is 1. The van der Waals surface area contributed by atoms with Gasteiger partial charge >= 0.3 is 0 Å². The van der Waals surface area contributed by atoms with Gasteiger partial charge in [0, 0.05) is 12.2 Å². The van der Waals surface area contributed by atoms with E-state index >= 15 is 0 Å². The van der Waals surface area contributed by atoms with Crippen LogP contribution in [0.1, 0.15) is 22.8 Å². The van der Waals surface area contributed by atoms with E-state index in [0.717, 1.165) is 12.0 Å². The lowest BCUT2D eigenvalue weighted by Crippen LogP contribution is -2.34. The van der Waals surface area contributed by atoms with Crippen molar-refractivity contribution in [3.8, 4) is 5.75 Å². The molecule has 0 radical (unpaired) electrons. The average molecular weight is 256 g/mol. The molecule has 0 saturated carbocycles. The third-order valence-corrected chi connectivity index (χ3v) is 2.81. The predicted molar refractivity (Wildman–Crippen MR) is 73.0 cm³/mol. The summed E-state index contributed by atoms with van der Waals surface area (Å²) in [4.78, 5) is 15.7. The standard InChI is InChI=1S/C15H16N2O2/c1-11(9-12-5-3-2-4-6-12)17-15(19)13-7-8-16-10-14(13)18/h2-8,10-11,18H,9H2,1H3,(H,17,19). The molecule has 19 heavy (non-hydrogen) atoms. The summed E-state index contributed by atoms with van der Waals surface area (Å²) in [6.07, 6.45) is 3.49. The number of benzene rings is 1. The lowest BCUT2D eigenvalue weighted by molar-refractivity contribution is 0.0937. The quantitative estimate of drug-likeness (QED) is 0.881. The zero-order valence-corrected chi connectivity index (χ0v) is 10.7. The number of rotatable bonds is 4. The van der Waals surface area contributed by atoms with Crippen molar-refractivity contribution in [1.82, 2.24) is 10.3 Å². The van der Waals surface area contributed by atoms with Crippen LogP contribution in [0.25, 0.3) is 0 Å². The summed E-state index contributed by atoms with van der Waals surface area (Å²) in [6.45, 7) is 1.93. The van der Waals surface area contributed by atoms with Gasteiger partial charge in [-0.25, -0.2) is 0 Å². The van der Waals surface area contributed by atoms with E-state index in [1.54, 1.807) is 0 Å². The Morgan fingerprint density at radius 3 is 2.74 bits per heavy atom. The van der Waals surface area contributed by atoms with Crippen LogP contribution < -0.4 is 5.32 Å². The first kappa shape index (κ1) is 13.1. The highest BCUT2D eigenvalue weighted by molar-refractivity contribution is 5.96. The molecule has 1 amide bonds. The van der Waals surface area contributed by atoms with E-state index in [1.807, 2.05) is 37.3 Å². The van der Waals surface area contributed by atoms with E-state index in [1.165, 1.54) is 18.5 Å². The molecule has 98 valence electrons. The number of nitrogens with one attached hydrogen (secondary N) is 1. The van der Waals surface area contributed by atoms with Crippen molar-refractivity contribution < 1.29 is 9.90 Å². The fourth-order valence-electron chi connectivity index (χ4n) is 1.90. The Labute approximate surface area is 112 Å². The molecule has 0 saturated heterocycles. The third kappa shape index (κ3) is 3.55. The van der Waals surface area contributed by atoms with E-state index in [-0.39, 0.29) is 23.3 Å². The smallest absolute Gasteiger partial charge is 0.255 e. The van der Waals surface area contributed by atoms with Crippen molar-refractivity contribution in [2.75, 3.05) is 0 Å². The molecule has 0 aliphatic heterocycles. The summed E-state index contributed by atoms with van der Waals surface area (Å²) in [5, 5.41) is 12.4. The molecule has 2 aromatic rings. The van der Waals surface area contributed by atoms with Crippen LogP contribution in [-0.4, -0.2) is 22.0 Å². The minimum atomic E-state index is -0.289. The van der Waals surface area contributed by atoms with Gasteiger partial charge in [0.25, 0.3) is 5.91 Å². The maximum Gasteiger partial charge on any atom is 0.255 e. The topological polar surface area (TPSA) is 62.2 Å². The monoisotopic (exact) mass is 256 g/mol. The van der Waals surface area contributed by atoms with Crippen LogP contribution in [0.3, 0.4) is 0 Å². The molecule has 1 atom stereocenters. The van der Waals surface area contributed by atoms with Crippen LogP contribution >= 0.6 is 0 Å². The second-order valence-corrected chi connectivity index (χ2v) is 4.46. The number of hydrogen-bond acceptors (Lipinski definition) is 3. The zero-order valence-electron chi connectivity index (χ0n) is 10.7. The van der Waals surface area contributed by atoms with Crippen LogP contribution in [0.2, 0.25) is 0 Å². The van der Waals surface area contributed by atoms with Gasteiger partial charge < -0.3 is 10.4 Å². The Bertz CT molecular complexity index is 555. The fourth-order valence-corrected chi connectivity index (χ4v) is 1.90. The van der Waals surface area contributed by atoms with E-state index in [9.17, 15) is 9.90 Å². The highest BCUT2D eigenvalue weighted by atomic mass is 16.3. The lowest BCUT2D eigenvalue weighted by atomic mass is 10.1. The summed E-state index contributed by atoms with van der Waals surface area (Å²) in [6, 6.07) is 11.4. The van der Waals surface area contributed by atoms with Gasteiger partial charge in [0.1, 0.15) is 5.75 Å². The molecule has 0 fully saturated rings. The van der Waals surface area contributed by atoms with Crippen LogP contribution in [0.15, 0.2) is 48.8 Å². The summed E-state index contributed by atoms with van der Waals surface area (Å²) in [5.41, 5.74) is 1.41. The van der Waals surface area contributed by atoms with Gasteiger partial charge in [0.2, 0.25) is 0 Å². The Morgan fingerprint density at radius 2 is 2.05 bits per heavy atom. The minimum absolute atomic E-state index is 0.0116. The summed E-state index contributed by atoms with van der Waals surface area (Å²) in [7, 11) is 0. The maximum absolute atomic E-state index is 12.0. The normalized spacial score (nSPS) is 11.8. The Kier molecular flexibility index (Phi) is 4.13. The fraction of sp³-hybridized carbons (Fsp3) is 0.200. The van der Waals surface area contributed by atoms with Gasteiger partial charge in [-0.3, -0.25) is 9.78 Å². The molecular weight excluding hydrogens is 240 g/mol. The second kappa shape index (κ2) is 6.00. The molecule has 1 aromatic carbocycles. The molecular formula is C15H16N2O2. The predicted octanol–water partition coefficient (Wildman–Crippen LogP) is 2.15. The number of aromatic nitrogens is 1. The number of hydrogen-bond donors (Lipinski definition) is 2. The molecule has 2 rings (SSSR count). The van der Waals surface area contributed by atoms with E-state index in [0.29, 0.717) is 0 Å². The second-order valence-electron chi connectivity index (χ2n) is 4.46. The highest BCUT2D eigenvalue weighted by Crippen LogP contribution is 2.14. The molecule has 0 spiro atoms. The van der Waals surface area contributed by atoms with Crippen LogP contribution in [0.5, 0.6) is 5.75 Å². The van der Waals surface area contributed by atoms with Crippen LogP contribution in [0, 0.1) is 0 Å².